The van der Waals surface area contributed by atoms with Gasteiger partial charge in [0.15, 0.2) is 0 Å². The van der Waals surface area contributed by atoms with Crippen LogP contribution >= 0.6 is 23.4 Å². The van der Waals surface area contributed by atoms with Crippen LogP contribution in [0.15, 0.2) is 0 Å². The van der Waals surface area contributed by atoms with E-state index in [2.05, 4.69) is 38.8 Å². The minimum absolute atomic E-state index is 0.223. The van der Waals surface area contributed by atoms with E-state index in [1.54, 1.807) is 0 Å². The highest BCUT2D eigenvalue weighted by Gasteiger charge is 2.03. The predicted octanol–water partition coefficient (Wildman–Crippen LogP) is 3.68. The summed E-state index contributed by atoms with van der Waals surface area (Å²) in [6, 6.07) is 0. The third-order valence-corrected chi connectivity index (χ3v) is 3.57. The molecule has 5 nitrogen and oxygen atoms in total. The number of aromatic nitrogens is 3. The topological polar surface area (TPSA) is 62.7 Å². The summed E-state index contributed by atoms with van der Waals surface area (Å²) >= 11 is 7.79. The summed E-state index contributed by atoms with van der Waals surface area (Å²) in [6.07, 6.45) is 8.09. The molecule has 1 rings (SSSR count). The number of thioether (sulfide) groups is 1. The van der Waals surface area contributed by atoms with E-state index >= 15 is 0 Å². The van der Waals surface area contributed by atoms with Crippen molar-refractivity contribution in [3.63, 3.8) is 0 Å². The molecule has 2 N–H and O–H groups in total. The van der Waals surface area contributed by atoms with Crippen LogP contribution in [0.5, 0.6) is 0 Å². The van der Waals surface area contributed by atoms with Crippen molar-refractivity contribution in [2.75, 3.05) is 35.7 Å². The standard InChI is InChI=1S/C13H24ClN5S/c1-3-8-15-12-17-11(14)18-13(19-12)16-9-6-4-5-7-10-20-2/h3-10H2,1-2H3,(H2,15,16,17,18,19). The van der Waals surface area contributed by atoms with E-state index in [9.17, 15) is 0 Å². The smallest absolute Gasteiger partial charge is 0.228 e. The van der Waals surface area contributed by atoms with Gasteiger partial charge in [0.05, 0.1) is 0 Å². The van der Waals surface area contributed by atoms with Gasteiger partial charge in [-0.05, 0) is 42.9 Å². The van der Waals surface area contributed by atoms with E-state index in [-0.39, 0.29) is 5.28 Å². The summed E-state index contributed by atoms with van der Waals surface area (Å²) in [7, 11) is 0. The molecular weight excluding hydrogens is 294 g/mol. The first kappa shape index (κ1) is 17.3. The maximum Gasteiger partial charge on any atom is 0.228 e. The molecule has 1 aromatic rings. The van der Waals surface area contributed by atoms with Crippen molar-refractivity contribution in [3.8, 4) is 0 Å². The summed E-state index contributed by atoms with van der Waals surface area (Å²) in [4.78, 5) is 12.4. The van der Waals surface area contributed by atoms with E-state index in [0.29, 0.717) is 11.9 Å². The first-order valence-corrected chi connectivity index (χ1v) is 8.91. The molecular formula is C13H24ClN5S. The zero-order valence-electron chi connectivity index (χ0n) is 12.3. The fourth-order valence-electron chi connectivity index (χ4n) is 1.67. The third kappa shape index (κ3) is 7.75. The van der Waals surface area contributed by atoms with Gasteiger partial charge >= 0.3 is 0 Å². The second-order valence-corrected chi connectivity index (χ2v) is 5.84. The molecule has 114 valence electrons. The summed E-state index contributed by atoms with van der Waals surface area (Å²) < 4.78 is 0. The van der Waals surface area contributed by atoms with E-state index in [4.69, 9.17) is 11.6 Å². The summed E-state index contributed by atoms with van der Waals surface area (Å²) in [5, 5.41) is 6.54. The molecule has 0 fully saturated rings. The van der Waals surface area contributed by atoms with Gasteiger partial charge in [-0.15, -0.1) is 0 Å². The largest absolute Gasteiger partial charge is 0.354 e. The highest BCUT2D eigenvalue weighted by atomic mass is 35.5. The van der Waals surface area contributed by atoms with Gasteiger partial charge in [-0.25, -0.2) is 0 Å². The first-order valence-electron chi connectivity index (χ1n) is 7.14. The maximum absolute atomic E-state index is 5.88. The molecule has 0 saturated carbocycles. The van der Waals surface area contributed by atoms with Crippen LogP contribution in [0.3, 0.4) is 0 Å². The molecule has 0 spiro atoms. The molecule has 20 heavy (non-hydrogen) atoms. The number of hydrogen-bond donors (Lipinski definition) is 2. The SMILES string of the molecule is CCCNc1nc(Cl)nc(NCCCCCCSC)n1. The molecule has 7 heteroatoms. The number of unbranched alkanes of at least 4 members (excludes halogenated alkanes) is 3. The van der Waals surface area contributed by atoms with E-state index in [0.717, 1.165) is 25.9 Å². The van der Waals surface area contributed by atoms with E-state index in [1.807, 2.05) is 11.8 Å². The second kappa shape index (κ2) is 11.0. The molecule has 0 unspecified atom stereocenters. The molecule has 1 heterocycles. The van der Waals surface area contributed by atoms with Gasteiger partial charge in [-0.2, -0.15) is 26.7 Å². The van der Waals surface area contributed by atoms with Crippen molar-refractivity contribution < 1.29 is 0 Å². The summed E-state index contributed by atoms with van der Waals surface area (Å²) in [5.41, 5.74) is 0. The molecule has 0 bridgehead atoms. The Balaban J connectivity index is 2.26. The van der Waals surface area contributed by atoms with Crippen molar-refractivity contribution >= 4 is 35.3 Å². The average Bonchev–Trinajstić information content (AvgIpc) is 2.43. The van der Waals surface area contributed by atoms with Gasteiger partial charge in [0.1, 0.15) is 0 Å². The molecule has 0 atom stereocenters. The number of hydrogen-bond acceptors (Lipinski definition) is 6. The van der Waals surface area contributed by atoms with Crippen molar-refractivity contribution in [1.29, 1.82) is 0 Å². The number of nitrogens with one attached hydrogen (secondary N) is 2. The molecule has 0 saturated heterocycles. The number of anilines is 2. The van der Waals surface area contributed by atoms with Crippen LogP contribution in [0.4, 0.5) is 11.9 Å². The zero-order chi connectivity index (χ0) is 14.6. The Morgan fingerprint density at radius 1 is 0.950 bits per heavy atom. The normalized spacial score (nSPS) is 10.6. The molecule has 1 aromatic heterocycles. The lowest BCUT2D eigenvalue weighted by Gasteiger charge is -2.07. The van der Waals surface area contributed by atoms with Crippen molar-refractivity contribution in [2.24, 2.45) is 0 Å². The van der Waals surface area contributed by atoms with Gasteiger partial charge < -0.3 is 10.6 Å². The number of nitrogens with zero attached hydrogens (tertiary/aromatic N) is 3. The number of halogens is 1. The Bertz CT molecular complexity index is 378. The van der Waals surface area contributed by atoms with Gasteiger partial charge in [0, 0.05) is 13.1 Å². The molecule has 0 aliphatic carbocycles. The molecule has 0 aromatic carbocycles. The van der Waals surface area contributed by atoms with Gasteiger partial charge in [0.2, 0.25) is 17.2 Å². The Morgan fingerprint density at radius 2 is 1.60 bits per heavy atom. The van der Waals surface area contributed by atoms with Crippen molar-refractivity contribution in [3.05, 3.63) is 5.28 Å². The quantitative estimate of drug-likeness (QED) is 0.607. The molecule has 0 aliphatic rings. The fraction of sp³-hybridized carbons (Fsp3) is 0.769. The molecule has 0 aliphatic heterocycles. The van der Waals surface area contributed by atoms with Gasteiger partial charge in [0.25, 0.3) is 0 Å². The van der Waals surface area contributed by atoms with E-state index < -0.39 is 0 Å². The van der Waals surface area contributed by atoms with Crippen LogP contribution in [0.1, 0.15) is 39.0 Å². The fourth-order valence-corrected chi connectivity index (χ4v) is 2.32. The third-order valence-electron chi connectivity index (χ3n) is 2.70. The Hall–Kier alpha value is -0.750. The lowest BCUT2D eigenvalue weighted by atomic mass is 10.2. The second-order valence-electron chi connectivity index (χ2n) is 4.51. The minimum atomic E-state index is 0.223. The van der Waals surface area contributed by atoms with Crippen LogP contribution in [0.2, 0.25) is 5.28 Å². The summed E-state index contributed by atoms with van der Waals surface area (Å²) in [5.74, 6) is 2.34. The number of rotatable bonds is 11. The van der Waals surface area contributed by atoms with E-state index in [1.165, 1.54) is 25.0 Å². The van der Waals surface area contributed by atoms with Crippen LogP contribution in [0.25, 0.3) is 0 Å². The lowest BCUT2D eigenvalue weighted by molar-refractivity contribution is 0.687. The monoisotopic (exact) mass is 317 g/mol. The summed E-state index contributed by atoms with van der Waals surface area (Å²) in [6.45, 7) is 3.79. The Kier molecular flexibility index (Phi) is 9.49. The van der Waals surface area contributed by atoms with Crippen LogP contribution in [0, 0.1) is 0 Å². The van der Waals surface area contributed by atoms with Gasteiger partial charge in [-0.1, -0.05) is 19.8 Å². The zero-order valence-corrected chi connectivity index (χ0v) is 13.9. The molecule has 0 radical (unpaired) electrons. The minimum Gasteiger partial charge on any atom is -0.354 e. The van der Waals surface area contributed by atoms with Crippen molar-refractivity contribution in [2.45, 2.75) is 39.0 Å². The molecule has 0 amide bonds. The highest BCUT2D eigenvalue weighted by molar-refractivity contribution is 7.98. The Morgan fingerprint density at radius 3 is 2.25 bits per heavy atom. The average molecular weight is 318 g/mol. The van der Waals surface area contributed by atoms with Crippen LogP contribution in [-0.2, 0) is 0 Å². The predicted molar refractivity (Wildman–Crippen MR) is 89.0 cm³/mol. The first-order chi connectivity index (χ1) is 9.76. The highest BCUT2D eigenvalue weighted by Crippen LogP contribution is 2.10. The van der Waals surface area contributed by atoms with Crippen LogP contribution in [-0.4, -0.2) is 40.1 Å². The maximum atomic E-state index is 5.88. The van der Waals surface area contributed by atoms with Crippen LogP contribution < -0.4 is 10.6 Å². The van der Waals surface area contributed by atoms with Crippen molar-refractivity contribution in [1.82, 2.24) is 15.0 Å². The van der Waals surface area contributed by atoms with Gasteiger partial charge in [-0.3, -0.25) is 0 Å². The Labute approximate surface area is 130 Å². The lowest BCUT2D eigenvalue weighted by Crippen LogP contribution is -2.10.